The SMILES string of the molecule is O=C(NCC1CCC(C(=O)O)O1)OCC(F)(F)F. The third kappa shape index (κ3) is 5.21. The summed E-state index contributed by atoms with van der Waals surface area (Å²) in [7, 11) is 0. The second-order valence-electron chi connectivity index (χ2n) is 3.73. The Morgan fingerprint density at radius 1 is 1.39 bits per heavy atom. The van der Waals surface area contributed by atoms with Crippen LogP contribution >= 0.6 is 0 Å². The number of carbonyl (C=O) groups is 2. The molecule has 1 aliphatic rings. The largest absolute Gasteiger partial charge is 0.479 e. The summed E-state index contributed by atoms with van der Waals surface area (Å²) in [6.07, 6.45) is -6.52. The van der Waals surface area contributed by atoms with Crippen molar-refractivity contribution in [3.05, 3.63) is 0 Å². The van der Waals surface area contributed by atoms with Crippen molar-refractivity contribution in [1.29, 1.82) is 0 Å². The van der Waals surface area contributed by atoms with Crippen LogP contribution in [-0.2, 0) is 14.3 Å². The number of nitrogens with one attached hydrogen (secondary N) is 1. The molecule has 2 unspecified atom stereocenters. The Balaban J connectivity index is 2.18. The number of ether oxygens (including phenoxy) is 2. The van der Waals surface area contributed by atoms with Crippen LogP contribution < -0.4 is 5.32 Å². The monoisotopic (exact) mass is 271 g/mol. The summed E-state index contributed by atoms with van der Waals surface area (Å²) in [5, 5.41) is 10.7. The van der Waals surface area contributed by atoms with Gasteiger partial charge in [0.1, 0.15) is 0 Å². The number of amides is 1. The molecule has 0 saturated carbocycles. The Morgan fingerprint density at radius 3 is 2.56 bits per heavy atom. The van der Waals surface area contributed by atoms with E-state index in [9.17, 15) is 22.8 Å². The molecule has 1 fully saturated rings. The second-order valence-corrected chi connectivity index (χ2v) is 3.73. The van der Waals surface area contributed by atoms with Crippen molar-refractivity contribution in [2.24, 2.45) is 0 Å². The molecule has 1 aliphatic heterocycles. The molecule has 1 rings (SSSR count). The lowest BCUT2D eigenvalue weighted by Crippen LogP contribution is -2.35. The maximum absolute atomic E-state index is 11.7. The van der Waals surface area contributed by atoms with Gasteiger partial charge in [-0.05, 0) is 12.8 Å². The number of rotatable bonds is 4. The minimum absolute atomic E-state index is 0.0829. The van der Waals surface area contributed by atoms with Gasteiger partial charge in [0.25, 0.3) is 0 Å². The molecule has 0 aliphatic carbocycles. The van der Waals surface area contributed by atoms with Crippen LogP contribution in [0.5, 0.6) is 0 Å². The van der Waals surface area contributed by atoms with E-state index in [1.165, 1.54) is 0 Å². The number of alkyl carbamates (subject to hydrolysis) is 1. The number of carboxylic acids is 1. The summed E-state index contributed by atoms with van der Waals surface area (Å²) in [4.78, 5) is 21.4. The number of alkyl halides is 3. The summed E-state index contributed by atoms with van der Waals surface area (Å²) in [6, 6.07) is 0. The molecule has 0 aromatic carbocycles. The highest BCUT2D eigenvalue weighted by molar-refractivity contribution is 5.72. The summed E-state index contributed by atoms with van der Waals surface area (Å²) < 4.78 is 44.0. The first kappa shape index (κ1) is 14.6. The minimum Gasteiger partial charge on any atom is -0.479 e. The third-order valence-corrected chi connectivity index (χ3v) is 2.22. The number of carboxylic acid groups (broad SMARTS) is 1. The normalized spacial score (nSPS) is 23.7. The average molecular weight is 271 g/mol. The molecule has 2 atom stereocenters. The first-order chi connectivity index (χ1) is 8.28. The molecule has 9 heteroatoms. The van der Waals surface area contributed by atoms with Crippen molar-refractivity contribution < 1.29 is 37.3 Å². The van der Waals surface area contributed by atoms with Crippen LogP contribution in [0.1, 0.15) is 12.8 Å². The second kappa shape index (κ2) is 5.89. The van der Waals surface area contributed by atoms with Crippen molar-refractivity contribution in [3.63, 3.8) is 0 Å². The van der Waals surface area contributed by atoms with E-state index in [0.29, 0.717) is 12.8 Å². The van der Waals surface area contributed by atoms with E-state index in [0.717, 1.165) is 0 Å². The van der Waals surface area contributed by atoms with Crippen LogP contribution in [0.3, 0.4) is 0 Å². The molecule has 0 aromatic rings. The van der Waals surface area contributed by atoms with E-state index in [1.54, 1.807) is 0 Å². The molecule has 0 aromatic heterocycles. The van der Waals surface area contributed by atoms with E-state index in [-0.39, 0.29) is 6.54 Å². The maximum Gasteiger partial charge on any atom is 0.422 e. The fraction of sp³-hybridized carbons (Fsp3) is 0.778. The molecule has 104 valence electrons. The highest BCUT2D eigenvalue weighted by Gasteiger charge is 2.32. The van der Waals surface area contributed by atoms with Gasteiger partial charge in [0.15, 0.2) is 12.7 Å². The Hall–Kier alpha value is -1.51. The molecule has 1 saturated heterocycles. The van der Waals surface area contributed by atoms with Gasteiger partial charge < -0.3 is 19.9 Å². The molecular formula is C9H12F3NO5. The van der Waals surface area contributed by atoms with Gasteiger partial charge in [-0.1, -0.05) is 0 Å². The quantitative estimate of drug-likeness (QED) is 0.793. The van der Waals surface area contributed by atoms with Crippen molar-refractivity contribution in [3.8, 4) is 0 Å². The Labute approximate surface area is 100 Å². The lowest BCUT2D eigenvalue weighted by atomic mass is 10.2. The smallest absolute Gasteiger partial charge is 0.422 e. The molecule has 0 spiro atoms. The van der Waals surface area contributed by atoms with Crippen LogP contribution in [0.25, 0.3) is 0 Å². The van der Waals surface area contributed by atoms with Crippen molar-refractivity contribution >= 4 is 12.1 Å². The summed E-state index contributed by atoms with van der Waals surface area (Å²) in [5.41, 5.74) is 0. The van der Waals surface area contributed by atoms with E-state index in [1.807, 2.05) is 0 Å². The summed E-state index contributed by atoms with van der Waals surface area (Å²) >= 11 is 0. The minimum atomic E-state index is -4.57. The zero-order chi connectivity index (χ0) is 13.8. The van der Waals surface area contributed by atoms with E-state index < -0.39 is 37.1 Å². The highest BCUT2D eigenvalue weighted by atomic mass is 19.4. The molecular weight excluding hydrogens is 259 g/mol. The van der Waals surface area contributed by atoms with Crippen LogP contribution in [0, 0.1) is 0 Å². The number of aliphatic carboxylic acids is 1. The average Bonchev–Trinajstić information content (AvgIpc) is 2.71. The predicted octanol–water partition coefficient (Wildman–Crippen LogP) is 0.907. The van der Waals surface area contributed by atoms with Crippen molar-refractivity contribution in [2.75, 3.05) is 13.2 Å². The molecule has 18 heavy (non-hydrogen) atoms. The zero-order valence-corrected chi connectivity index (χ0v) is 9.20. The predicted molar refractivity (Wildman–Crippen MR) is 50.9 cm³/mol. The number of hydrogen-bond acceptors (Lipinski definition) is 4. The third-order valence-electron chi connectivity index (χ3n) is 2.22. The van der Waals surface area contributed by atoms with Gasteiger partial charge in [0, 0.05) is 6.54 Å². The Morgan fingerprint density at radius 2 is 2.06 bits per heavy atom. The maximum atomic E-state index is 11.7. The summed E-state index contributed by atoms with van der Waals surface area (Å²) in [6.45, 7) is -1.75. The van der Waals surface area contributed by atoms with E-state index in [4.69, 9.17) is 9.84 Å². The molecule has 6 nitrogen and oxygen atoms in total. The first-order valence-corrected chi connectivity index (χ1v) is 5.13. The molecule has 1 heterocycles. The van der Waals surface area contributed by atoms with Gasteiger partial charge in [0.2, 0.25) is 0 Å². The molecule has 0 bridgehead atoms. The van der Waals surface area contributed by atoms with Gasteiger partial charge in [-0.2, -0.15) is 13.2 Å². The number of carbonyl (C=O) groups excluding carboxylic acids is 1. The zero-order valence-electron chi connectivity index (χ0n) is 9.20. The van der Waals surface area contributed by atoms with Gasteiger partial charge in [-0.3, -0.25) is 0 Å². The topological polar surface area (TPSA) is 84.9 Å². The first-order valence-electron chi connectivity index (χ1n) is 5.13. The van der Waals surface area contributed by atoms with Crippen LogP contribution in [0.2, 0.25) is 0 Å². The van der Waals surface area contributed by atoms with Crippen LogP contribution in [-0.4, -0.2) is 48.7 Å². The lowest BCUT2D eigenvalue weighted by molar-refractivity contribution is -0.160. The summed E-state index contributed by atoms with van der Waals surface area (Å²) in [5.74, 6) is -1.10. The molecule has 2 N–H and O–H groups in total. The number of halogens is 3. The standard InChI is InChI=1S/C9H12F3NO5/c10-9(11,12)4-17-8(16)13-3-5-1-2-6(18-5)7(14)15/h5-6H,1-4H2,(H,13,16)(H,14,15). The molecule has 1 amide bonds. The Bertz CT molecular complexity index is 320. The Kier molecular flexibility index (Phi) is 4.76. The van der Waals surface area contributed by atoms with Crippen molar-refractivity contribution in [2.45, 2.75) is 31.2 Å². The van der Waals surface area contributed by atoms with Gasteiger partial charge in [-0.25, -0.2) is 9.59 Å². The fourth-order valence-electron chi connectivity index (χ4n) is 1.43. The van der Waals surface area contributed by atoms with Gasteiger partial charge >= 0.3 is 18.2 Å². The fourth-order valence-corrected chi connectivity index (χ4v) is 1.43. The van der Waals surface area contributed by atoms with Gasteiger partial charge in [-0.15, -0.1) is 0 Å². The lowest BCUT2D eigenvalue weighted by Gasteiger charge is -2.13. The number of hydrogen-bond donors (Lipinski definition) is 2. The van der Waals surface area contributed by atoms with E-state index in [2.05, 4.69) is 10.1 Å². The van der Waals surface area contributed by atoms with Gasteiger partial charge in [0.05, 0.1) is 6.10 Å². The van der Waals surface area contributed by atoms with Crippen LogP contribution in [0.15, 0.2) is 0 Å². The van der Waals surface area contributed by atoms with E-state index >= 15 is 0 Å². The van der Waals surface area contributed by atoms with Crippen molar-refractivity contribution in [1.82, 2.24) is 5.32 Å². The molecule has 0 radical (unpaired) electrons. The van der Waals surface area contributed by atoms with Crippen LogP contribution in [0.4, 0.5) is 18.0 Å². The highest BCUT2D eigenvalue weighted by Crippen LogP contribution is 2.19.